The fraction of sp³-hybridized carbons (Fsp3) is 0.571. The average Bonchev–Trinajstić information content (AvgIpc) is 2.99. The highest BCUT2D eigenvalue weighted by Gasteiger charge is 2.22. The number of para-hydroxylation sites is 1. The van der Waals surface area contributed by atoms with Crippen molar-refractivity contribution in [3.63, 3.8) is 0 Å². The van der Waals surface area contributed by atoms with Crippen molar-refractivity contribution in [3.8, 4) is 0 Å². The van der Waals surface area contributed by atoms with Crippen LogP contribution in [-0.4, -0.2) is 46.0 Å². The summed E-state index contributed by atoms with van der Waals surface area (Å²) in [5.74, 6) is 0. The molecule has 1 unspecified atom stereocenters. The first-order chi connectivity index (χ1) is 9.54. The molecule has 1 saturated heterocycles. The van der Waals surface area contributed by atoms with Gasteiger partial charge in [0.2, 0.25) is 10.0 Å². The number of sulfonamides is 1. The van der Waals surface area contributed by atoms with E-state index in [1.165, 1.54) is 12.8 Å². The van der Waals surface area contributed by atoms with Gasteiger partial charge in [-0.2, -0.15) is 0 Å². The Morgan fingerprint density at radius 1 is 1.25 bits per heavy atom. The van der Waals surface area contributed by atoms with Gasteiger partial charge in [0, 0.05) is 19.6 Å². The molecule has 1 aliphatic heterocycles. The molecule has 0 aliphatic carbocycles. The Morgan fingerprint density at radius 3 is 2.55 bits per heavy atom. The van der Waals surface area contributed by atoms with Gasteiger partial charge in [-0.15, -0.1) is 0 Å². The molecular weight excluding hydrogens is 274 g/mol. The third-order valence-corrected chi connectivity index (χ3v) is 5.26. The first-order valence-electron chi connectivity index (χ1n) is 7.05. The quantitative estimate of drug-likeness (QED) is 0.835. The van der Waals surface area contributed by atoms with Crippen LogP contribution in [0.25, 0.3) is 0 Å². The van der Waals surface area contributed by atoms with Crippen LogP contribution < -0.4 is 10.0 Å². The highest BCUT2D eigenvalue weighted by atomic mass is 32.2. The molecule has 0 saturated carbocycles. The predicted molar refractivity (Wildman–Crippen MR) is 81.4 cm³/mol. The van der Waals surface area contributed by atoms with Crippen molar-refractivity contribution in [3.05, 3.63) is 24.3 Å². The lowest BCUT2D eigenvalue weighted by Crippen LogP contribution is -2.40. The van der Waals surface area contributed by atoms with E-state index in [2.05, 4.69) is 21.9 Å². The van der Waals surface area contributed by atoms with Crippen molar-refractivity contribution < 1.29 is 8.42 Å². The number of benzene rings is 1. The van der Waals surface area contributed by atoms with Gasteiger partial charge in [0.15, 0.2) is 0 Å². The van der Waals surface area contributed by atoms with E-state index in [0.717, 1.165) is 13.1 Å². The molecule has 20 heavy (non-hydrogen) atoms. The van der Waals surface area contributed by atoms with E-state index in [1.807, 2.05) is 6.07 Å². The summed E-state index contributed by atoms with van der Waals surface area (Å²) in [6.07, 6.45) is 2.42. The molecule has 0 radical (unpaired) electrons. The molecule has 1 aliphatic rings. The van der Waals surface area contributed by atoms with Gasteiger partial charge >= 0.3 is 0 Å². The molecule has 2 rings (SSSR count). The summed E-state index contributed by atoms with van der Waals surface area (Å²) in [7, 11) is -1.74. The summed E-state index contributed by atoms with van der Waals surface area (Å²) in [6.45, 7) is 4.64. The molecule has 1 fully saturated rings. The van der Waals surface area contributed by atoms with Crippen LogP contribution in [0.1, 0.15) is 19.8 Å². The fourth-order valence-corrected chi connectivity index (χ4v) is 3.86. The molecule has 5 nitrogen and oxygen atoms in total. The van der Waals surface area contributed by atoms with E-state index in [1.54, 1.807) is 25.2 Å². The zero-order valence-corrected chi connectivity index (χ0v) is 12.9. The van der Waals surface area contributed by atoms with E-state index in [4.69, 9.17) is 0 Å². The van der Waals surface area contributed by atoms with Crippen LogP contribution in [0, 0.1) is 0 Å². The monoisotopic (exact) mass is 297 g/mol. The lowest BCUT2D eigenvalue weighted by molar-refractivity contribution is 0.260. The van der Waals surface area contributed by atoms with Crippen LogP contribution in [0.3, 0.4) is 0 Å². The van der Waals surface area contributed by atoms with Crippen LogP contribution in [0.15, 0.2) is 29.2 Å². The zero-order chi connectivity index (χ0) is 14.6. The molecule has 1 atom stereocenters. The predicted octanol–water partition coefficient (Wildman–Crippen LogP) is 1.49. The number of anilines is 1. The van der Waals surface area contributed by atoms with Crippen LogP contribution in [0.5, 0.6) is 0 Å². The third-order valence-electron chi connectivity index (χ3n) is 3.78. The Labute approximate surface area is 121 Å². The van der Waals surface area contributed by atoms with Gasteiger partial charge in [0.1, 0.15) is 4.90 Å². The first kappa shape index (κ1) is 15.3. The Hall–Kier alpha value is -1.11. The minimum Gasteiger partial charge on any atom is -0.387 e. The summed E-state index contributed by atoms with van der Waals surface area (Å²) in [6, 6.07) is 7.17. The Kier molecular flexibility index (Phi) is 5.01. The van der Waals surface area contributed by atoms with Crippen molar-refractivity contribution in [2.75, 3.05) is 32.0 Å². The molecular formula is C14H23N3O2S. The second kappa shape index (κ2) is 6.56. The zero-order valence-electron chi connectivity index (χ0n) is 12.1. The fourth-order valence-electron chi connectivity index (χ4n) is 2.53. The SMILES string of the molecule is CNc1ccccc1S(=O)(=O)NCC(C)N1CCCC1. The number of hydrogen-bond donors (Lipinski definition) is 2. The Morgan fingerprint density at radius 2 is 1.90 bits per heavy atom. The lowest BCUT2D eigenvalue weighted by atomic mass is 10.3. The molecule has 0 spiro atoms. The van der Waals surface area contributed by atoms with Crippen molar-refractivity contribution in [2.24, 2.45) is 0 Å². The molecule has 6 heteroatoms. The van der Waals surface area contributed by atoms with Crippen molar-refractivity contribution in [1.82, 2.24) is 9.62 Å². The summed E-state index contributed by atoms with van der Waals surface area (Å²) >= 11 is 0. The van der Waals surface area contributed by atoms with E-state index < -0.39 is 10.0 Å². The Bertz CT molecular complexity index is 539. The standard InChI is InChI=1S/C14H23N3O2S/c1-12(17-9-5-6-10-17)11-16-20(18,19)14-8-4-3-7-13(14)15-2/h3-4,7-8,12,15-16H,5-6,9-11H2,1-2H3. The maximum Gasteiger partial charge on any atom is 0.242 e. The van der Waals surface area contributed by atoms with Crippen molar-refractivity contribution in [1.29, 1.82) is 0 Å². The number of nitrogens with one attached hydrogen (secondary N) is 2. The summed E-state index contributed by atoms with van der Waals surface area (Å²) in [5, 5.41) is 2.91. The lowest BCUT2D eigenvalue weighted by Gasteiger charge is -2.24. The molecule has 112 valence electrons. The molecule has 2 N–H and O–H groups in total. The minimum absolute atomic E-state index is 0.231. The maximum atomic E-state index is 12.4. The number of nitrogens with zero attached hydrogens (tertiary/aromatic N) is 1. The van der Waals surface area contributed by atoms with E-state index in [-0.39, 0.29) is 6.04 Å². The second-order valence-electron chi connectivity index (χ2n) is 5.19. The summed E-state index contributed by atoms with van der Waals surface area (Å²) in [5.41, 5.74) is 0.619. The summed E-state index contributed by atoms with van der Waals surface area (Å²) in [4.78, 5) is 2.63. The second-order valence-corrected chi connectivity index (χ2v) is 6.93. The average molecular weight is 297 g/mol. The molecule has 0 aromatic heterocycles. The van der Waals surface area contributed by atoms with E-state index >= 15 is 0 Å². The smallest absolute Gasteiger partial charge is 0.242 e. The van der Waals surface area contributed by atoms with Gasteiger partial charge < -0.3 is 5.32 Å². The van der Waals surface area contributed by atoms with Gasteiger partial charge in [-0.05, 0) is 45.0 Å². The molecule has 1 aromatic rings. The molecule has 1 aromatic carbocycles. The highest BCUT2D eigenvalue weighted by molar-refractivity contribution is 7.89. The van der Waals surface area contributed by atoms with Crippen LogP contribution in [0.4, 0.5) is 5.69 Å². The van der Waals surface area contributed by atoms with Crippen molar-refractivity contribution >= 4 is 15.7 Å². The van der Waals surface area contributed by atoms with Crippen molar-refractivity contribution in [2.45, 2.75) is 30.7 Å². The van der Waals surface area contributed by atoms with Gasteiger partial charge in [-0.1, -0.05) is 12.1 Å². The van der Waals surface area contributed by atoms with Crippen LogP contribution in [-0.2, 0) is 10.0 Å². The van der Waals surface area contributed by atoms with Gasteiger partial charge in [-0.3, -0.25) is 4.90 Å². The normalized spacial score (nSPS) is 18.1. The third kappa shape index (κ3) is 3.50. The van der Waals surface area contributed by atoms with Crippen LogP contribution in [0.2, 0.25) is 0 Å². The molecule has 0 bridgehead atoms. The number of rotatable bonds is 6. The van der Waals surface area contributed by atoms with E-state index in [9.17, 15) is 8.42 Å². The number of hydrogen-bond acceptors (Lipinski definition) is 4. The first-order valence-corrected chi connectivity index (χ1v) is 8.53. The topological polar surface area (TPSA) is 61.4 Å². The highest BCUT2D eigenvalue weighted by Crippen LogP contribution is 2.20. The molecule has 0 amide bonds. The molecule has 1 heterocycles. The van der Waals surface area contributed by atoms with E-state index in [0.29, 0.717) is 17.1 Å². The summed E-state index contributed by atoms with van der Waals surface area (Å²) < 4.78 is 27.4. The van der Waals surface area contributed by atoms with Gasteiger partial charge in [0.25, 0.3) is 0 Å². The van der Waals surface area contributed by atoms with Crippen LogP contribution >= 0.6 is 0 Å². The largest absolute Gasteiger partial charge is 0.387 e. The van der Waals surface area contributed by atoms with Gasteiger partial charge in [0.05, 0.1) is 5.69 Å². The maximum absolute atomic E-state index is 12.4. The number of likely N-dealkylation sites (tertiary alicyclic amines) is 1. The Balaban J connectivity index is 2.03. The van der Waals surface area contributed by atoms with Gasteiger partial charge in [-0.25, -0.2) is 13.1 Å². The minimum atomic E-state index is -3.47.